The van der Waals surface area contributed by atoms with E-state index < -0.39 is 6.36 Å². The minimum absolute atomic E-state index is 0.108. The summed E-state index contributed by atoms with van der Waals surface area (Å²) in [5, 5.41) is 2.93. The largest absolute Gasteiger partial charge is 0.573 e. The number of hydrogen-bond acceptors (Lipinski definition) is 3. The van der Waals surface area contributed by atoms with Crippen LogP contribution in [-0.2, 0) is 0 Å². The molecule has 1 heterocycles. The number of carbonyl (C=O) groups is 1. The van der Waals surface area contributed by atoms with Crippen molar-refractivity contribution in [1.82, 2.24) is 10.3 Å². The van der Waals surface area contributed by atoms with Crippen molar-refractivity contribution >= 4 is 5.91 Å². The highest BCUT2D eigenvalue weighted by atomic mass is 19.4. The Morgan fingerprint density at radius 1 is 1.20 bits per heavy atom. The number of pyridine rings is 1. The molecule has 1 aliphatic rings. The van der Waals surface area contributed by atoms with Crippen LogP contribution < -0.4 is 10.1 Å². The van der Waals surface area contributed by atoms with E-state index in [0.717, 1.165) is 12.8 Å². The first-order valence-electron chi connectivity index (χ1n) is 7.96. The SMILES string of the molecule is C[C@H](NC(=O)c1cccc(-c2ccc(OC(F)(F)F)cc2)n1)C1CC1. The molecule has 0 spiro atoms. The Morgan fingerprint density at radius 2 is 1.88 bits per heavy atom. The van der Waals surface area contributed by atoms with Crippen molar-refractivity contribution in [2.75, 3.05) is 0 Å². The Balaban J connectivity index is 1.73. The number of amides is 1. The average Bonchev–Trinajstić information content (AvgIpc) is 3.39. The zero-order valence-electron chi connectivity index (χ0n) is 13.5. The summed E-state index contributed by atoms with van der Waals surface area (Å²) in [5.74, 6) is -0.0185. The number of hydrogen-bond donors (Lipinski definition) is 1. The Labute approximate surface area is 143 Å². The molecule has 0 aliphatic heterocycles. The van der Waals surface area contributed by atoms with E-state index in [4.69, 9.17) is 0 Å². The number of rotatable bonds is 5. The van der Waals surface area contributed by atoms with Gasteiger partial charge in [0.05, 0.1) is 5.69 Å². The molecule has 2 aromatic rings. The van der Waals surface area contributed by atoms with E-state index >= 15 is 0 Å². The minimum atomic E-state index is -4.73. The molecule has 1 fully saturated rings. The third-order valence-corrected chi connectivity index (χ3v) is 4.05. The van der Waals surface area contributed by atoms with E-state index in [1.165, 1.54) is 24.3 Å². The number of aromatic nitrogens is 1. The molecule has 7 heteroatoms. The topological polar surface area (TPSA) is 51.2 Å². The van der Waals surface area contributed by atoms with Gasteiger partial charge >= 0.3 is 6.36 Å². The van der Waals surface area contributed by atoms with E-state index in [1.807, 2.05) is 6.92 Å². The molecule has 1 aromatic carbocycles. The number of nitrogens with zero attached hydrogens (tertiary/aromatic N) is 1. The van der Waals surface area contributed by atoms with Crippen LogP contribution in [0.15, 0.2) is 42.5 Å². The van der Waals surface area contributed by atoms with Gasteiger partial charge < -0.3 is 10.1 Å². The van der Waals surface area contributed by atoms with Gasteiger partial charge in [-0.05, 0) is 62.1 Å². The van der Waals surface area contributed by atoms with Crippen molar-refractivity contribution in [3.05, 3.63) is 48.2 Å². The average molecular weight is 350 g/mol. The van der Waals surface area contributed by atoms with Crippen LogP contribution in [0.3, 0.4) is 0 Å². The summed E-state index contributed by atoms with van der Waals surface area (Å²) in [6, 6.07) is 10.5. The van der Waals surface area contributed by atoms with E-state index in [-0.39, 0.29) is 23.4 Å². The lowest BCUT2D eigenvalue weighted by atomic mass is 10.1. The summed E-state index contributed by atoms with van der Waals surface area (Å²) in [6.07, 6.45) is -2.47. The van der Waals surface area contributed by atoms with Crippen molar-refractivity contribution in [3.8, 4) is 17.0 Å². The molecule has 1 aliphatic carbocycles. The predicted octanol–water partition coefficient (Wildman–Crippen LogP) is 4.18. The maximum Gasteiger partial charge on any atom is 0.573 e. The maximum absolute atomic E-state index is 12.3. The number of benzene rings is 1. The highest BCUT2D eigenvalue weighted by molar-refractivity contribution is 5.93. The molecule has 0 unspecified atom stereocenters. The van der Waals surface area contributed by atoms with E-state index in [2.05, 4.69) is 15.0 Å². The summed E-state index contributed by atoms with van der Waals surface area (Å²) in [5.41, 5.74) is 1.38. The van der Waals surface area contributed by atoms with E-state index in [0.29, 0.717) is 17.2 Å². The molecule has 0 bridgehead atoms. The van der Waals surface area contributed by atoms with Gasteiger partial charge in [-0.3, -0.25) is 4.79 Å². The first-order chi connectivity index (χ1) is 11.8. The first-order valence-corrected chi connectivity index (χ1v) is 7.96. The van der Waals surface area contributed by atoms with Gasteiger partial charge in [0.1, 0.15) is 11.4 Å². The Hall–Kier alpha value is -2.57. The third-order valence-electron chi connectivity index (χ3n) is 4.05. The molecule has 1 N–H and O–H groups in total. The summed E-state index contributed by atoms with van der Waals surface area (Å²) >= 11 is 0. The number of ether oxygens (including phenoxy) is 1. The zero-order valence-corrected chi connectivity index (χ0v) is 13.5. The summed E-state index contributed by atoms with van der Waals surface area (Å²) in [7, 11) is 0. The fourth-order valence-corrected chi connectivity index (χ4v) is 2.54. The summed E-state index contributed by atoms with van der Waals surface area (Å²) < 4.78 is 40.4. The van der Waals surface area contributed by atoms with Gasteiger partial charge in [0.2, 0.25) is 0 Å². The molecular weight excluding hydrogens is 333 g/mol. The van der Waals surface area contributed by atoms with E-state index in [1.54, 1.807) is 18.2 Å². The number of alkyl halides is 3. The van der Waals surface area contributed by atoms with Crippen molar-refractivity contribution in [2.24, 2.45) is 5.92 Å². The molecule has 1 amide bonds. The summed E-state index contributed by atoms with van der Waals surface area (Å²) in [6.45, 7) is 1.97. The second-order valence-corrected chi connectivity index (χ2v) is 6.08. The van der Waals surface area contributed by atoms with Crippen LogP contribution in [-0.4, -0.2) is 23.3 Å². The Morgan fingerprint density at radius 3 is 2.48 bits per heavy atom. The highest BCUT2D eigenvalue weighted by Gasteiger charge is 2.31. The monoisotopic (exact) mass is 350 g/mol. The Kier molecular flexibility index (Phi) is 4.65. The van der Waals surface area contributed by atoms with Crippen LogP contribution in [0, 0.1) is 5.92 Å². The molecule has 25 heavy (non-hydrogen) atoms. The van der Waals surface area contributed by atoms with Crippen molar-refractivity contribution in [2.45, 2.75) is 32.2 Å². The second-order valence-electron chi connectivity index (χ2n) is 6.08. The summed E-state index contributed by atoms with van der Waals surface area (Å²) in [4.78, 5) is 16.6. The molecule has 0 saturated heterocycles. The normalized spacial score (nSPS) is 15.5. The lowest BCUT2D eigenvalue weighted by Crippen LogP contribution is -2.34. The van der Waals surface area contributed by atoms with Gasteiger partial charge in [-0.15, -0.1) is 13.2 Å². The first kappa shape index (κ1) is 17.3. The number of carbonyl (C=O) groups excluding carboxylic acids is 1. The molecular formula is C18H17F3N2O2. The van der Waals surface area contributed by atoms with Gasteiger partial charge in [-0.1, -0.05) is 6.07 Å². The standard InChI is InChI=1S/C18H17F3N2O2/c1-11(12-5-6-12)22-17(24)16-4-2-3-15(23-16)13-7-9-14(10-8-13)25-18(19,20)21/h2-4,7-12H,5-6H2,1H3,(H,22,24)/t11-/m0/s1. The third kappa shape index (κ3) is 4.71. The van der Waals surface area contributed by atoms with Gasteiger partial charge in [-0.25, -0.2) is 4.98 Å². The number of nitrogens with one attached hydrogen (secondary N) is 1. The molecule has 0 radical (unpaired) electrons. The number of halogens is 3. The molecule has 132 valence electrons. The molecule has 1 saturated carbocycles. The highest BCUT2D eigenvalue weighted by Crippen LogP contribution is 2.32. The van der Waals surface area contributed by atoms with Crippen LogP contribution in [0.4, 0.5) is 13.2 Å². The van der Waals surface area contributed by atoms with Crippen molar-refractivity contribution in [3.63, 3.8) is 0 Å². The van der Waals surface area contributed by atoms with Crippen LogP contribution in [0.5, 0.6) is 5.75 Å². The van der Waals surface area contributed by atoms with E-state index in [9.17, 15) is 18.0 Å². The molecule has 4 nitrogen and oxygen atoms in total. The van der Waals surface area contributed by atoms with Gasteiger partial charge in [-0.2, -0.15) is 0 Å². The van der Waals surface area contributed by atoms with Crippen LogP contribution in [0.2, 0.25) is 0 Å². The minimum Gasteiger partial charge on any atom is -0.406 e. The Bertz CT molecular complexity index is 756. The van der Waals surface area contributed by atoms with Crippen molar-refractivity contribution < 1.29 is 22.7 Å². The fourth-order valence-electron chi connectivity index (χ4n) is 2.54. The van der Waals surface area contributed by atoms with Crippen LogP contribution in [0.25, 0.3) is 11.3 Å². The van der Waals surface area contributed by atoms with Crippen LogP contribution >= 0.6 is 0 Å². The fraction of sp³-hybridized carbons (Fsp3) is 0.333. The molecule has 1 aromatic heterocycles. The quantitative estimate of drug-likeness (QED) is 0.880. The van der Waals surface area contributed by atoms with Gasteiger partial charge in [0, 0.05) is 11.6 Å². The molecule has 3 rings (SSSR count). The van der Waals surface area contributed by atoms with Gasteiger partial charge in [0.15, 0.2) is 0 Å². The lowest BCUT2D eigenvalue weighted by molar-refractivity contribution is -0.274. The smallest absolute Gasteiger partial charge is 0.406 e. The van der Waals surface area contributed by atoms with Gasteiger partial charge in [0.25, 0.3) is 5.91 Å². The lowest BCUT2D eigenvalue weighted by Gasteiger charge is -2.13. The molecule has 1 atom stereocenters. The second kappa shape index (κ2) is 6.74. The predicted molar refractivity (Wildman–Crippen MR) is 86.0 cm³/mol. The maximum atomic E-state index is 12.3. The van der Waals surface area contributed by atoms with Crippen molar-refractivity contribution in [1.29, 1.82) is 0 Å². The zero-order chi connectivity index (χ0) is 18.0. The van der Waals surface area contributed by atoms with Crippen LogP contribution in [0.1, 0.15) is 30.3 Å².